The van der Waals surface area contributed by atoms with Crippen LogP contribution in [0.1, 0.15) is 32.3 Å². The summed E-state index contributed by atoms with van der Waals surface area (Å²) < 4.78 is 26.9. The zero-order valence-electron chi connectivity index (χ0n) is 12.1. The lowest BCUT2D eigenvalue weighted by molar-refractivity contribution is 0.242. The van der Waals surface area contributed by atoms with Crippen LogP contribution in [-0.4, -0.2) is 26.7 Å². The molecule has 0 amide bonds. The van der Waals surface area contributed by atoms with Crippen molar-refractivity contribution in [3.8, 4) is 6.07 Å². The van der Waals surface area contributed by atoms with Crippen molar-refractivity contribution in [2.45, 2.75) is 31.6 Å². The van der Waals surface area contributed by atoms with Crippen LogP contribution in [0.25, 0.3) is 0 Å². The molecule has 0 spiro atoms. The molecule has 0 aliphatic rings. The number of aliphatic hydroxyl groups excluding tert-OH is 1. The number of hydrogen-bond acceptors (Lipinski definition) is 4. The first-order chi connectivity index (χ1) is 9.72. The fourth-order valence-electron chi connectivity index (χ4n) is 1.77. The lowest BCUT2D eigenvalue weighted by atomic mass is 9.88. The molecule has 0 unspecified atom stereocenters. The van der Waals surface area contributed by atoms with Crippen LogP contribution in [0.4, 0.5) is 0 Å². The molecular weight excluding hydrogens is 312 g/mol. The Hall–Kier alpha value is -1.13. The minimum atomic E-state index is -3.67. The van der Waals surface area contributed by atoms with Crippen molar-refractivity contribution >= 4 is 21.6 Å². The number of aliphatic hydroxyl groups is 1. The molecule has 0 aromatic heterocycles. The highest BCUT2D eigenvalue weighted by Crippen LogP contribution is 2.23. The summed E-state index contributed by atoms with van der Waals surface area (Å²) in [5.74, 6) is 0. The third kappa shape index (κ3) is 5.29. The molecule has 0 fully saturated rings. The smallest absolute Gasteiger partial charge is 0.240 e. The Morgan fingerprint density at radius 3 is 2.62 bits per heavy atom. The minimum Gasteiger partial charge on any atom is -0.396 e. The van der Waals surface area contributed by atoms with E-state index in [9.17, 15) is 8.42 Å². The Morgan fingerprint density at radius 2 is 2.10 bits per heavy atom. The third-order valence-electron chi connectivity index (χ3n) is 3.12. The quantitative estimate of drug-likeness (QED) is 0.802. The van der Waals surface area contributed by atoms with Gasteiger partial charge in [0.15, 0.2) is 0 Å². The molecule has 0 aliphatic carbocycles. The van der Waals surface area contributed by atoms with Crippen LogP contribution in [0.2, 0.25) is 5.02 Å². The van der Waals surface area contributed by atoms with Gasteiger partial charge in [-0.2, -0.15) is 5.26 Å². The SMILES string of the molecule is CC(C)(CCCO)CNS(=O)(=O)c1ccc(C#N)c(Cl)c1. The Balaban J connectivity index is 2.83. The third-order valence-corrected chi connectivity index (χ3v) is 4.84. The van der Waals surface area contributed by atoms with Gasteiger partial charge in [-0.05, 0) is 36.5 Å². The maximum atomic E-state index is 12.2. The monoisotopic (exact) mass is 330 g/mol. The number of sulfonamides is 1. The Labute approximate surface area is 130 Å². The van der Waals surface area contributed by atoms with E-state index in [-0.39, 0.29) is 34.0 Å². The molecule has 0 atom stereocenters. The van der Waals surface area contributed by atoms with Gasteiger partial charge in [-0.1, -0.05) is 25.4 Å². The fraction of sp³-hybridized carbons (Fsp3) is 0.500. The average Bonchev–Trinajstić information content (AvgIpc) is 2.43. The van der Waals surface area contributed by atoms with Crippen molar-refractivity contribution in [2.75, 3.05) is 13.2 Å². The average molecular weight is 331 g/mol. The van der Waals surface area contributed by atoms with Gasteiger partial charge in [-0.15, -0.1) is 0 Å². The Kier molecular flexibility index (Phi) is 6.17. The molecule has 0 saturated heterocycles. The molecule has 21 heavy (non-hydrogen) atoms. The van der Waals surface area contributed by atoms with Crippen molar-refractivity contribution in [2.24, 2.45) is 5.41 Å². The summed E-state index contributed by atoms with van der Waals surface area (Å²) in [5.41, 5.74) is -0.0227. The molecular formula is C14H19ClN2O3S. The Morgan fingerprint density at radius 1 is 1.43 bits per heavy atom. The first-order valence-electron chi connectivity index (χ1n) is 6.52. The van der Waals surface area contributed by atoms with Gasteiger partial charge < -0.3 is 5.11 Å². The maximum Gasteiger partial charge on any atom is 0.240 e. The molecule has 0 heterocycles. The number of hydrogen-bond donors (Lipinski definition) is 2. The zero-order chi connectivity index (χ0) is 16.1. The highest BCUT2D eigenvalue weighted by molar-refractivity contribution is 7.89. The number of nitriles is 1. The summed E-state index contributed by atoms with van der Waals surface area (Å²) in [6.45, 7) is 4.20. The molecule has 5 nitrogen and oxygen atoms in total. The number of halogens is 1. The summed E-state index contributed by atoms with van der Waals surface area (Å²) in [6.07, 6.45) is 1.33. The molecule has 2 N–H and O–H groups in total. The summed E-state index contributed by atoms with van der Waals surface area (Å²) in [5, 5.41) is 17.7. The molecule has 1 rings (SSSR count). The van der Waals surface area contributed by atoms with Crippen LogP contribution < -0.4 is 4.72 Å². The van der Waals surface area contributed by atoms with Gasteiger partial charge in [0.25, 0.3) is 0 Å². The topological polar surface area (TPSA) is 90.2 Å². The number of nitrogens with one attached hydrogen (secondary N) is 1. The first-order valence-corrected chi connectivity index (χ1v) is 8.38. The summed E-state index contributed by atoms with van der Waals surface area (Å²) >= 11 is 5.85. The summed E-state index contributed by atoms with van der Waals surface area (Å²) in [6, 6.07) is 5.89. The molecule has 116 valence electrons. The molecule has 0 aliphatic heterocycles. The molecule has 0 saturated carbocycles. The van der Waals surface area contributed by atoms with Gasteiger partial charge in [0.05, 0.1) is 15.5 Å². The van der Waals surface area contributed by atoms with Crippen LogP contribution in [0, 0.1) is 16.7 Å². The molecule has 1 aromatic rings. The van der Waals surface area contributed by atoms with E-state index in [4.69, 9.17) is 22.0 Å². The number of benzene rings is 1. The standard InChI is InChI=1S/C14H19ClN2O3S/c1-14(2,6-3-7-18)10-17-21(19,20)12-5-4-11(9-16)13(15)8-12/h4-5,8,17-18H,3,6-7,10H2,1-2H3. The van der Waals surface area contributed by atoms with E-state index >= 15 is 0 Å². The summed E-state index contributed by atoms with van der Waals surface area (Å²) in [4.78, 5) is 0.0319. The van der Waals surface area contributed by atoms with Crippen molar-refractivity contribution in [1.82, 2.24) is 4.72 Å². The van der Waals surface area contributed by atoms with Crippen molar-refractivity contribution in [1.29, 1.82) is 5.26 Å². The largest absolute Gasteiger partial charge is 0.396 e. The second-order valence-electron chi connectivity index (χ2n) is 5.57. The first kappa shape index (κ1) is 17.9. The highest BCUT2D eigenvalue weighted by atomic mass is 35.5. The van der Waals surface area contributed by atoms with E-state index in [1.165, 1.54) is 18.2 Å². The van der Waals surface area contributed by atoms with Crippen LogP contribution >= 0.6 is 11.6 Å². The zero-order valence-corrected chi connectivity index (χ0v) is 13.6. The van der Waals surface area contributed by atoms with E-state index < -0.39 is 10.0 Å². The van der Waals surface area contributed by atoms with Gasteiger partial charge in [-0.3, -0.25) is 0 Å². The van der Waals surface area contributed by atoms with E-state index in [2.05, 4.69) is 4.72 Å². The van der Waals surface area contributed by atoms with Gasteiger partial charge >= 0.3 is 0 Å². The Bertz CT molecular complexity index is 636. The lowest BCUT2D eigenvalue weighted by Gasteiger charge is -2.24. The van der Waals surface area contributed by atoms with E-state index in [0.29, 0.717) is 12.8 Å². The van der Waals surface area contributed by atoms with Crippen molar-refractivity contribution in [3.05, 3.63) is 28.8 Å². The van der Waals surface area contributed by atoms with Gasteiger partial charge in [0, 0.05) is 13.2 Å². The fourth-order valence-corrected chi connectivity index (χ4v) is 3.33. The van der Waals surface area contributed by atoms with E-state index in [0.717, 1.165) is 0 Å². The van der Waals surface area contributed by atoms with E-state index in [1.54, 1.807) is 0 Å². The number of rotatable bonds is 7. The molecule has 7 heteroatoms. The normalized spacial score (nSPS) is 12.1. The van der Waals surface area contributed by atoms with Crippen molar-refractivity contribution < 1.29 is 13.5 Å². The molecule has 1 aromatic carbocycles. The molecule has 0 radical (unpaired) electrons. The second kappa shape index (κ2) is 7.23. The van der Waals surface area contributed by atoms with Gasteiger partial charge in [-0.25, -0.2) is 13.1 Å². The van der Waals surface area contributed by atoms with Gasteiger partial charge in [0.1, 0.15) is 6.07 Å². The number of nitrogens with zero attached hydrogens (tertiary/aromatic N) is 1. The summed E-state index contributed by atoms with van der Waals surface area (Å²) in [7, 11) is -3.67. The predicted octanol–water partition coefficient (Wildman–Crippen LogP) is 2.29. The van der Waals surface area contributed by atoms with Crippen LogP contribution in [-0.2, 0) is 10.0 Å². The minimum absolute atomic E-state index is 0.0319. The van der Waals surface area contributed by atoms with Crippen molar-refractivity contribution in [3.63, 3.8) is 0 Å². The van der Waals surface area contributed by atoms with Crippen LogP contribution in [0.15, 0.2) is 23.1 Å². The lowest BCUT2D eigenvalue weighted by Crippen LogP contribution is -2.34. The predicted molar refractivity (Wildman–Crippen MR) is 81.5 cm³/mol. The molecule has 0 bridgehead atoms. The second-order valence-corrected chi connectivity index (χ2v) is 7.74. The maximum absolute atomic E-state index is 12.2. The van der Waals surface area contributed by atoms with Crippen LogP contribution in [0.3, 0.4) is 0 Å². The van der Waals surface area contributed by atoms with Gasteiger partial charge in [0.2, 0.25) is 10.0 Å². The van der Waals surface area contributed by atoms with Crippen LogP contribution in [0.5, 0.6) is 0 Å². The highest BCUT2D eigenvalue weighted by Gasteiger charge is 2.22. The van der Waals surface area contributed by atoms with E-state index in [1.807, 2.05) is 19.9 Å².